The molecule has 21 heavy (non-hydrogen) atoms. The van der Waals surface area contributed by atoms with Crippen LogP contribution in [0.1, 0.15) is 51.5 Å². The lowest BCUT2D eigenvalue weighted by molar-refractivity contribution is -0.127. The van der Waals surface area contributed by atoms with Gasteiger partial charge >= 0.3 is 0 Å². The van der Waals surface area contributed by atoms with Crippen LogP contribution in [0.4, 0.5) is 0 Å². The minimum Gasteiger partial charge on any atom is -0.352 e. The summed E-state index contributed by atoms with van der Waals surface area (Å²) in [5.74, 6) is 0.180. The van der Waals surface area contributed by atoms with E-state index in [1.165, 1.54) is 24.8 Å². The highest BCUT2D eigenvalue weighted by atomic mass is 16.2. The fraction of sp³-hybridized carbons (Fsp3) is 0.611. The number of hydrogen-bond acceptors (Lipinski definition) is 2. The first-order valence-electron chi connectivity index (χ1n) is 8.29. The normalized spacial score (nSPS) is 17.7. The van der Waals surface area contributed by atoms with E-state index < -0.39 is 0 Å². The summed E-state index contributed by atoms with van der Waals surface area (Å²) in [6.45, 7) is 5.85. The smallest absolute Gasteiger partial charge is 0.237 e. The van der Waals surface area contributed by atoms with Crippen LogP contribution in [0.15, 0.2) is 30.3 Å². The average Bonchev–Trinajstić information content (AvgIpc) is 2.54. The molecule has 1 amide bonds. The lowest BCUT2D eigenvalue weighted by Gasteiger charge is -2.30. The van der Waals surface area contributed by atoms with Crippen LogP contribution in [0.25, 0.3) is 0 Å². The maximum Gasteiger partial charge on any atom is 0.237 e. The second-order valence-electron chi connectivity index (χ2n) is 6.07. The summed E-state index contributed by atoms with van der Waals surface area (Å²) in [6, 6.07) is 10.7. The maximum absolute atomic E-state index is 12.4. The summed E-state index contributed by atoms with van der Waals surface area (Å²) >= 11 is 0. The van der Waals surface area contributed by atoms with Crippen molar-refractivity contribution in [3.05, 3.63) is 35.9 Å². The Hall–Kier alpha value is -1.35. The SMILES string of the molecule is CCN(Cc1ccccc1)C(C)C(=O)NC1CCCCC1. The molecule has 0 bridgehead atoms. The van der Waals surface area contributed by atoms with Gasteiger partial charge in [-0.15, -0.1) is 0 Å². The van der Waals surface area contributed by atoms with Crippen molar-refractivity contribution in [3.8, 4) is 0 Å². The molecule has 0 spiro atoms. The van der Waals surface area contributed by atoms with Gasteiger partial charge in [-0.3, -0.25) is 9.69 Å². The van der Waals surface area contributed by atoms with Gasteiger partial charge < -0.3 is 5.32 Å². The number of likely N-dealkylation sites (N-methyl/N-ethyl adjacent to an activating group) is 1. The van der Waals surface area contributed by atoms with Crippen LogP contribution in [0.5, 0.6) is 0 Å². The Balaban J connectivity index is 1.89. The Morgan fingerprint density at radius 3 is 2.52 bits per heavy atom. The lowest BCUT2D eigenvalue weighted by Crippen LogP contribution is -2.48. The molecule has 1 saturated carbocycles. The second-order valence-corrected chi connectivity index (χ2v) is 6.07. The number of hydrogen-bond donors (Lipinski definition) is 1. The molecule has 0 saturated heterocycles. The molecule has 0 aromatic heterocycles. The molecule has 3 heteroatoms. The van der Waals surface area contributed by atoms with Crippen LogP contribution < -0.4 is 5.32 Å². The standard InChI is InChI=1S/C18H28N2O/c1-3-20(14-16-10-6-4-7-11-16)15(2)18(21)19-17-12-8-5-9-13-17/h4,6-7,10-11,15,17H,3,5,8-9,12-14H2,1-2H3,(H,19,21). The predicted octanol–water partition coefficient (Wildman–Crippen LogP) is 3.35. The summed E-state index contributed by atoms with van der Waals surface area (Å²) in [7, 11) is 0. The molecule has 3 nitrogen and oxygen atoms in total. The average molecular weight is 288 g/mol. The highest BCUT2D eigenvalue weighted by molar-refractivity contribution is 5.81. The number of carbonyl (C=O) groups excluding carboxylic acids is 1. The Labute approximate surface area is 128 Å². The fourth-order valence-corrected chi connectivity index (χ4v) is 3.08. The first-order chi connectivity index (χ1) is 10.2. The van der Waals surface area contributed by atoms with E-state index in [0.717, 1.165) is 25.9 Å². The van der Waals surface area contributed by atoms with Crippen molar-refractivity contribution in [2.24, 2.45) is 0 Å². The van der Waals surface area contributed by atoms with Crippen molar-refractivity contribution in [1.82, 2.24) is 10.2 Å². The van der Waals surface area contributed by atoms with E-state index in [2.05, 4.69) is 41.4 Å². The van der Waals surface area contributed by atoms with Crippen molar-refractivity contribution < 1.29 is 4.79 Å². The summed E-state index contributed by atoms with van der Waals surface area (Å²) in [5, 5.41) is 3.24. The largest absolute Gasteiger partial charge is 0.352 e. The topological polar surface area (TPSA) is 32.3 Å². The van der Waals surface area contributed by atoms with E-state index in [1.54, 1.807) is 0 Å². The fourth-order valence-electron chi connectivity index (χ4n) is 3.08. The van der Waals surface area contributed by atoms with Gasteiger partial charge in [0, 0.05) is 12.6 Å². The molecule has 1 fully saturated rings. The van der Waals surface area contributed by atoms with Gasteiger partial charge in [0.1, 0.15) is 0 Å². The zero-order valence-corrected chi connectivity index (χ0v) is 13.3. The number of carbonyl (C=O) groups is 1. The van der Waals surface area contributed by atoms with E-state index in [-0.39, 0.29) is 11.9 Å². The summed E-state index contributed by atoms with van der Waals surface area (Å²) < 4.78 is 0. The molecule has 2 rings (SSSR count). The van der Waals surface area contributed by atoms with Crippen LogP contribution in [0.3, 0.4) is 0 Å². The summed E-state index contributed by atoms with van der Waals surface area (Å²) in [4.78, 5) is 14.7. The van der Waals surface area contributed by atoms with Crippen LogP contribution in [0.2, 0.25) is 0 Å². The number of nitrogens with zero attached hydrogens (tertiary/aromatic N) is 1. The minimum absolute atomic E-state index is 0.0721. The van der Waals surface area contributed by atoms with Gasteiger partial charge in [0.15, 0.2) is 0 Å². The maximum atomic E-state index is 12.4. The first kappa shape index (κ1) is 16.0. The van der Waals surface area contributed by atoms with Gasteiger partial charge in [-0.2, -0.15) is 0 Å². The first-order valence-corrected chi connectivity index (χ1v) is 8.29. The molecular formula is C18H28N2O. The molecule has 116 valence electrons. The highest BCUT2D eigenvalue weighted by Gasteiger charge is 2.23. The third-order valence-corrected chi connectivity index (χ3v) is 4.51. The van der Waals surface area contributed by atoms with Gasteiger partial charge in [-0.25, -0.2) is 0 Å². The van der Waals surface area contributed by atoms with Crippen molar-refractivity contribution in [1.29, 1.82) is 0 Å². The van der Waals surface area contributed by atoms with Crippen LogP contribution in [-0.4, -0.2) is 29.4 Å². The van der Waals surface area contributed by atoms with E-state index in [4.69, 9.17) is 0 Å². The molecule has 1 aromatic carbocycles. The van der Waals surface area contributed by atoms with Crippen molar-refractivity contribution in [2.45, 2.75) is 64.6 Å². The highest BCUT2D eigenvalue weighted by Crippen LogP contribution is 2.18. The van der Waals surface area contributed by atoms with E-state index in [0.29, 0.717) is 6.04 Å². The Morgan fingerprint density at radius 1 is 1.24 bits per heavy atom. The molecule has 1 aliphatic carbocycles. The molecule has 1 aromatic rings. The molecular weight excluding hydrogens is 260 g/mol. The molecule has 0 aliphatic heterocycles. The molecule has 0 radical (unpaired) electrons. The van der Waals surface area contributed by atoms with Gasteiger partial charge in [0.25, 0.3) is 0 Å². The van der Waals surface area contributed by atoms with Gasteiger partial charge in [-0.1, -0.05) is 56.5 Å². The Bertz CT molecular complexity index is 426. The van der Waals surface area contributed by atoms with E-state index in [9.17, 15) is 4.79 Å². The van der Waals surface area contributed by atoms with Crippen molar-refractivity contribution >= 4 is 5.91 Å². The van der Waals surface area contributed by atoms with Crippen LogP contribution >= 0.6 is 0 Å². The number of benzene rings is 1. The minimum atomic E-state index is -0.0721. The number of amides is 1. The zero-order chi connectivity index (χ0) is 15.1. The van der Waals surface area contributed by atoms with Crippen LogP contribution in [-0.2, 0) is 11.3 Å². The van der Waals surface area contributed by atoms with Gasteiger partial charge in [0.05, 0.1) is 6.04 Å². The lowest BCUT2D eigenvalue weighted by atomic mass is 9.95. The zero-order valence-electron chi connectivity index (χ0n) is 13.3. The summed E-state index contributed by atoms with van der Waals surface area (Å²) in [6.07, 6.45) is 6.10. The Kier molecular flexibility index (Phi) is 6.24. The molecule has 1 N–H and O–H groups in total. The predicted molar refractivity (Wildman–Crippen MR) is 87.0 cm³/mol. The van der Waals surface area contributed by atoms with Crippen molar-refractivity contribution in [2.75, 3.05) is 6.54 Å². The van der Waals surface area contributed by atoms with Gasteiger partial charge in [-0.05, 0) is 31.9 Å². The second kappa shape index (κ2) is 8.18. The third kappa shape index (κ3) is 4.85. The molecule has 1 atom stereocenters. The third-order valence-electron chi connectivity index (χ3n) is 4.51. The number of nitrogens with one attached hydrogen (secondary N) is 1. The quantitative estimate of drug-likeness (QED) is 0.870. The monoisotopic (exact) mass is 288 g/mol. The van der Waals surface area contributed by atoms with E-state index >= 15 is 0 Å². The molecule has 1 unspecified atom stereocenters. The molecule has 0 heterocycles. The Morgan fingerprint density at radius 2 is 1.90 bits per heavy atom. The van der Waals surface area contributed by atoms with Crippen molar-refractivity contribution in [3.63, 3.8) is 0 Å². The van der Waals surface area contributed by atoms with Gasteiger partial charge in [0.2, 0.25) is 5.91 Å². The molecule has 1 aliphatic rings. The van der Waals surface area contributed by atoms with Crippen LogP contribution in [0, 0.1) is 0 Å². The number of rotatable bonds is 6. The van der Waals surface area contributed by atoms with E-state index in [1.807, 2.05) is 13.0 Å². The summed E-state index contributed by atoms with van der Waals surface area (Å²) in [5.41, 5.74) is 1.26.